The number of aromatic nitrogens is 3. The Morgan fingerprint density at radius 1 is 1.21 bits per heavy atom. The summed E-state index contributed by atoms with van der Waals surface area (Å²) < 4.78 is 2.04. The van der Waals surface area contributed by atoms with Gasteiger partial charge in [-0.25, -0.2) is 4.99 Å². The number of rotatable bonds is 10. The smallest absolute Gasteiger partial charge is 0.224 e. The number of hydrogen-bond donors (Lipinski definition) is 3. The van der Waals surface area contributed by atoms with Gasteiger partial charge in [-0.3, -0.25) is 4.79 Å². The van der Waals surface area contributed by atoms with Gasteiger partial charge < -0.3 is 20.5 Å². The van der Waals surface area contributed by atoms with Gasteiger partial charge in [-0.05, 0) is 31.0 Å². The lowest BCUT2D eigenvalue weighted by Gasteiger charge is -2.12. The lowest BCUT2D eigenvalue weighted by atomic mass is 10.2. The van der Waals surface area contributed by atoms with E-state index in [0.717, 1.165) is 55.5 Å². The molecule has 1 heterocycles. The van der Waals surface area contributed by atoms with Crippen LogP contribution in [0.5, 0.6) is 0 Å². The molecule has 0 saturated carbocycles. The Balaban J connectivity index is 0.00000420. The summed E-state index contributed by atoms with van der Waals surface area (Å²) in [5.74, 6) is 1.78. The molecule has 2 aromatic rings. The highest BCUT2D eigenvalue weighted by molar-refractivity contribution is 14.0. The normalized spacial score (nSPS) is 10.9. The second-order valence-corrected chi connectivity index (χ2v) is 6.41. The predicted octanol–water partition coefficient (Wildman–Crippen LogP) is 2.95. The summed E-state index contributed by atoms with van der Waals surface area (Å²) in [6.45, 7) is 8.91. The van der Waals surface area contributed by atoms with Gasteiger partial charge in [0.1, 0.15) is 12.2 Å². The summed E-state index contributed by atoms with van der Waals surface area (Å²) in [5.41, 5.74) is 1.85. The number of amides is 1. The van der Waals surface area contributed by atoms with Gasteiger partial charge in [0.15, 0.2) is 5.96 Å². The van der Waals surface area contributed by atoms with E-state index >= 15 is 0 Å². The van der Waals surface area contributed by atoms with E-state index in [-0.39, 0.29) is 29.9 Å². The zero-order chi connectivity index (χ0) is 20.2. The van der Waals surface area contributed by atoms with Gasteiger partial charge in [0.2, 0.25) is 5.91 Å². The lowest BCUT2D eigenvalue weighted by molar-refractivity contribution is -0.116. The number of guanidine groups is 1. The molecule has 0 unspecified atom stereocenters. The standard InChI is InChI=1S/C20H31N7O.HI/c1-4-8-19(28)25-17-10-7-9-16(13-17)14-23-20(21-6-3)22-11-12-27-15-24-26-18(27)5-2;/h7,9-10,13,15H,4-6,8,11-12,14H2,1-3H3,(H,25,28)(H2,21,22,23);1H. The third-order valence-corrected chi connectivity index (χ3v) is 4.11. The molecular weight excluding hydrogens is 481 g/mol. The van der Waals surface area contributed by atoms with Gasteiger partial charge in [0.25, 0.3) is 0 Å². The van der Waals surface area contributed by atoms with E-state index in [1.54, 1.807) is 6.33 Å². The van der Waals surface area contributed by atoms with Crippen LogP contribution in [0.15, 0.2) is 35.6 Å². The molecule has 8 nitrogen and oxygen atoms in total. The summed E-state index contributed by atoms with van der Waals surface area (Å²) in [6, 6.07) is 7.80. The maximum absolute atomic E-state index is 11.8. The molecule has 0 aliphatic carbocycles. The molecule has 0 spiro atoms. The fraction of sp³-hybridized carbons (Fsp3) is 0.500. The summed E-state index contributed by atoms with van der Waals surface area (Å²) in [5, 5.41) is 17.6. The highest BCUT2D eigenvalue weighted by atomic mass is 127. The minimum Gasteiger partial charge on any atom is -0.357 e. The Hall–Kier alpha value is -2.17. The number of aliphatic imine (C=N–C) groups is 1. The molecule has 1 aromatic heterocycles. The van der Waals surface area contributed by atoms with Crippen LogP contribution in [0.1, 0.15) is 45.0 Å². The second-order valence-electron chi connectivity index (χ2n) is 6.41. The van der Waals surface area contributed by atoms with Crippen molar-refractivity contribution in [2.75, 3.05) is 18.4 Å². The first-order valence-corrected chi connectivity index (χ1v) is 9.93. The fourth-order valence-electron chi connectivity index (χ4n) is 2.74. The van der Waals surface area contributed by atoms with Gasteiger partial charge in [-0.1, -0.05) is 26.0 Å². The molecule has 29 heavy (non-hydrogen) atoms. The average Bonchev–Trinajstić information content (AvgIpc) is 3.14. The molecule has 3 N–H and O–H groups in total. The van der Waals surface area contributed by atoms with Gasteiger partial charge >= 0.3 is 0 Å². The molecule has 1 amide bonds. The average molecular weight is 513 g/mol. The van der Waals surface area contributed by atoms with Crippen molar-refractivity contribution in [3.63, 3.8) is 0 Å². The number of hydrogen-bond acceptors (Lipinski definition) is 4. The number of nitrogens with one attached hydrogen (secondary N) is 3. The Morgan fingerprint density at radius 3 is 2.76 bits per heavy atom. The molecule has 0 fully saturated rings. The number of anilines is 1. The van der Waals surface area contributed by atoms with E-state index < -0.39 is 0 Å². The molecule has 0 saturated heterocycles. The van der Waals surface area contributed by atoms with Crippen LogP contribution in [-0.2, 0) is 24.3 Å². The minimum absolute atomic E-state index is 0. The predicted molar refractivity (Wildman–Crippen MR) is 128 cm³/mol. The Bertz CT molecular complexity index is 776. The number of nitrogens with zero attached hydrogens (tertiary/aromatic N) is 4. The van der Waals surface area contributed by atoms with Crippen LogP contribution in [0.25, 0.3) is 0 Å². The molecular formula is C20H32IN7O. The number of carbonyl (C=O) groups is 1. The van der Waals surface area contributed by atoms with E-state index in [2.05, 4.69) is 38.1 Å². The second kappa shape index (κ2) is 13.9. The van der Waals surface area contributed by atoms with E-state index in [0.29, 0.717) is 13.0 Å². The molecule has 2 rings (SSSR count). The largest absolute Gasteiger partial charge is 0.357 e. The molecule has 0 aliphatic heterocycles. The molecule has 1 aromatic carbocycles. The number of halogens is 1. The highest BCUT2D eigenvalue weighted by Gasteiger charge is 2.04. The molecule has 160 valence electrons. The summed E-state index contributed by atoms with van der Waals surface area (Å²) in [6.07, 6.45) is 3.98. The third-order valence-electron chi connectivity index (χ3n) is 4.11. The lowest BCUT2D eigenvalue weighted by Crippen LogP contribution is -2.38. The zero-order valence-corrected chi connectivity index (χ0v) is 19.8. The van der Waals surface area contributed by atoms with Gasteiger partial charge in [0.05, 0.1) is 6.54 Å². The van der Waals surface area contributed by atoms with Crippen LogP contribution < -0.4 is 16.0 Å². The maximum Gasteiger partial charge on any atom is 0.224 e. The van der Waals surface area contributed by atoms with Crippen molar-refractivity contribution in [2.45, 2.75) is 53.1 Å². The monoisotopic (exact) mass is 513 g/mol. The van der Waals surface area contributed by atoms with Crippen molar-refractivity contribution in [1.82, 2.24) is 25.4 Å². The molecule has 9 heteroatoms. The Morgan fingerprint density at radius 2 is 2.03 bits per heavy atom. The number of aryl methyl sites for hydroxylation is 1. The van der Waals surface area contributed by atoms with E-state index in [4.69, 9.17) is 0 Å². The topological polar surface area (TPSA) is 96.2 Å². The van der Waals surface area contributed by atoms with Crippen molar-refractivity contribution < 1.29 is 4.79 Å². The van der Waals surface area contributed by atoms with Crippen molar-refractivity contribution in [3.05, 3.63) is 42.0 Å². The van der Waals surface area contributed by atoms with Crippen LogP contribution >= 0.6 is 24.0 Å². The Labute approximate surface area is 190 Å². The minimum atomic E-state index is 0. The molecule has 0 radical (unpaired) electrons. The van der Waals surface area contributed by atoms with Crippen LogP contribution in [0.4, 0.5) is 5.69 Å². The first-order chi connectivity index (χ1) is 13.7. The van der Waals surface area contributed by atoms with Crippen molar-refractivity contribution in [3.8, 4) is 0 Å². The zero-order valence-electron chi connectivity index (χ0n) is 17.4. The van der Waals surface area contributed by atoms with E-state index in [1.807, 2.05) is 42.7 Å². The van der Waals surface area contributed by atoms with Crippen molar-refractivity contribution in [2.24, 2.45) is 4.99 Å². The van der Waals surface area contributed by atoms with Crippen molar-refractivity contribution in [1.29, 1.82) is 0 Å². The third kappa shape index (κ3) is 8.80. The molecule has 0 atom stereocenters. The SMILES string of the molecule is CCCC(=O)Nc1cccc(CN=C(NCC)NCCn2cnnc2CC)c1.I. The molecule has 0 aliphatic rings. The van der Waals surface area contributed by atoms with Gasteiger partial charge in [0, 0.05) is 38.2 Å². The van der Waals surface area contributed by atoms with Crippen LogP contribution in [0.3, 0.4) is 0 Å². The number of benzene rings is 1. The van der Waals surface area contributed by atoms with E-state index in [1.165, 1.54) is 0 Å². The maximum atomic E-state index is 11.8. The van der Waals surface area contributed by atoms with Crippen molar-refractivity contribution >= 4 is 41.5 Å². The summed E-state index contributed by atoms with van der Waals surface area (Å²) in [4.78, 5) is 16.4. The Kier molecular flexibility index (Phi) is 11.9. The first kappa shape index (κ1) is 24.9. The summed E-state index contributed by atoms with van der Waals surface area (Å²) >= 11 is 0. The van der Waals surface area contributed by atoms with E-state index in [9.17, 15) is 4.79 Å². The van der Waals surface area contributed by atoms with Gasteiger partial charge in [-0.2, -0.15) is 0 Å². The quantitative estimate of drug-likeness (QED) is 0.258. The fourth-order valence-corrected chi connectivity index (χ4v) is 2.74. The van der Waals surface area contributed by atoms with Crippen LogP contribution in [0, 0.1) is 0 Å². The highest BCUT2D eigenvalue weighted by Crippen LogP contribution is 2.12. The summed E-state index contributed by atoms with van der Waals surface area (Å²) in [7, 11) is 0. The number of carbonyl (C=O) groups excluding carboxylic acids is 1. The van der Waals surface area contributed by atoms with Crippen LogP contribution in [-0.4, -0.2) is 39.7 Å². The molecule has 0 bridgehead atoms. The van der Waals surface area contributed by atoms with Gasteiger partial charge in [-0.15, -0.1) is 34.2 Å². The first-order valence-electron chi connectivity index (χ1n) is 9.93. The van der Waals surface area contributed by atoms with Crippen LogP contribution in [0.2, 0.25) is 0 Å².